The normalized spacial score (nSPS) is 25.2. The fourth-order valence-electron chi connectivity index (χ4n) is 2.15. The number of nitrogens with zero attached hydrogens (tertiary/aromatic N) is 3. The van der Waals surface area contributed by atoms with Crippen LogP contribution in [0.1, 0.15) is 32.5 Å². The number of rotatable bonds is 4. The van der Waals surface area contributed by atoms with Gasteiger partial charge < -0.3 is 9.30 Å². The maximum atomic E-state index is 6.06. The summed E-state index contributed by atoms with van der Waals surface area (Å²) in [6.07, 6.45) is 3.40. The van der Waals surface area contributed by atoms with E-state index in [2.05, 4.69) is 24.0 Å². The van der Waals surface area contributed by atoms with Gasteiger partial charge in [0, 0.05) is 25.5 Å². The van der Waals surface area contributed by atoms with Gasteiger partial charge in [-0.15, -0.1) is 10.2 Å². The van der Waals surface area contributed by atoms with Crippen LogP contribution in [0.5, 0.6) is 0 Å². The molecule has 90 valence electrons. The van der Waals surface area contributed by atoms with Crippen molar-refractivity contribution < 1.29 is 4.74 Å². The van der Waals surface area contributed by atoms with Crippen molar-refractivity contribution in [2.75, 3.05) is 6.61 Å². The molecule has 0 N–H and O–H groups in total. The molecular formula is C11H18ClN3O. The second-order valence-corrected chi connectivity index (χ2v) is 4.71. The lowest BCUT2D eigenvalue weighted by molar-refractivity contribution is 0.101. The number of ether oxygens (including phenoxy) is 1. The highest BCUT2D eigenvalue weighted by Gasteiger charge is 2.26. The van der Waals surface area contributed by atoms with Gasteiger partial charge in [0.05, 0.1) is 6.10 Å². The first-order valence-electron chi connectivity index (χ1n) is 5.91. The van der Waals surface area contributed by atoms with Crippen molar-refractivity contribution in [3.05, 3.63) is 11.1 Å². The highest BCUT2D eigenvalue weighted by molar-refractivity contribution is 6.28. The van der Waals surface area contributed by atoms with Crippen molar-refractivity contribution in [1.82, 2.24) is 14.8 Å². The van der Waals surface area contributed by atoms with E-state index in [0.29, 0.717) is 17.3 Å². The molecule has 5 heteroatoms. The first-order chi connectivity index (χ1) is 7.72. The Morgan fingerprint density at radius 3 is 2.94 bits per heavy atom. The van der Waals surface area contributed by atoms with Crippen LogP contribution in [0, 0.1) is 5.92 Å². The molecule has 1 aromatic rings. The molecule has 0 aliphatic carbocycles. The lowest BCUT2D eigenvalue weighted by Crippen LogP contribution is -2.19. The SMILES string of the molecule is CCCc1nnc(Cl)n1CC1CCOC1C. The monoisotopic (exact) mass is 243 g/mol. The summed E-state index contributed by atoms with van der Waals surface area (Å²) in [7, 11) is 0. The molecule has 1 aliphatic rings. The van der Waals surface area contributed by atoms with Gasteiger partial charge in [-0.1, -0.05) is 6.92 Å². The van der Waals surface area contributed by atoms with Crippen LogP contribution in [0.15, 0.2) is 0 Å². The van der Waals surface area contributed by atoms with Crippen molar-refractivity contribution in [1.29, 1.82) is 0 Å². The van der Waals surface area contributed by atoms with Gasteiger partial charge in [0.2, 0.25) is 5.28 Å². The van der Waals surface area contributed by atoms with Gasteiger partial charge in [0.1, 0.15) is 5.82 Å². The third kappa shape index (κ3) is 2.38. The van der Waals surface area contributed by atoms with Crippen LogP contribution in [0.2, 0.25) is 5.28 Å². The molecule has 2 atom stereocenters. The quantitative estimate of drug-likeness (QED) is 0.815. The van der Waals surface area contributed by atoms with E-state index in [1.165, 1.54) is 0 Å². The molecule has 2 rings (SSSR count). The first-order valence-corrected chi connectivity index (χ1v) is 6.29. The minimum atomic E-state index is 0.313. The van der Waals surface area contributed by atoms with Gasteiger partial charge in [-0.2, -0.15) is 0 Å². The first kappa shape index (κ1) is 11.9. The molecule has 0 bridgehead atoms. The lowest BCUT2D eigenvalue weighted by Gasteiger charge is -2.16. The topological polar surface area (TPSA) is 39.9 Å². The number of hydrogen-bond donors (Lipinski definition) is 0. The Morgan fingerprint density at radius 1 is 1.50 bits per heavy atom. The molecule has 0 radical (unpaired) electrons. The van der Waals surface area contributed by atoms with Crippen molar-refractivity contribution >= 4 is 11.6 Å². The minimum Gasteiger partial charge on any atom is -0.378 e. The van der Waals surface area contributed by atoms with E-state index in [9.17, 15) is 0 Å². The standard InChI is InChI=1S/C11H18ClN3O/c1-3-4-10-13-14-11(12)15(10)7-9-5-6-16-8(9)2/h8-9H,3-7H2,1-2H3. The number of hydrogen-bond acceptors (Lipinski definition) is 3. The van der Waals surface area contributed by atoms with E-state index in [4.69, 9.17) is 16.3 Å². The average Bonchev–Trinajstić information content (AvgIpc) is 2.80. The third-order valence-electron chi connectivity index (χ3n) is 3.21. The van der Waals surface area contributed by atoms with Gasteiger partial charge in [-0.25, -0.2) is 0 Å². The molecule has 16 heavy (non-hydrogen) atoms. The Bertz CT molecular complexity index is 353. The molecule has 1 aromatic heterocycles. The highest BCUT2D eigenvalue weighted by Crippen LogP contribution is 2.24. The van der Waals surface area contributed by atoms with Gasteiger partial charge in [0.25, 0.3) is 0 Å². The van der Waals surface area contributed by atoms with Gasteiger partial charge >= 0.3 is 0 Å². The molecule has 0 amide bonds. The molecule has 0 spiro atoms. The minimum absolute atomic E-state index is 0.313. The Balaban J connectivity index is 2.10. The molecule has 2 unspecified atom stereocenters. The smallest absolute Gasteiger partial charge is 0.225 e. The zero-order chi connectivity index (χ0) is 11.5. The van der Waals surface area contributed by atoms with Crippen molar-refractivity contribution in [2.24, 2.45) is 5.92 Å². The largest absolute Gasteiger partial charge is 0.378 e. The van der Waals surface area contributed by atoms with Crippen molar-refractivity contribution in [3.8, 4) is 0 Å². The Labute approximate surface area is 101 Å². The summed E-state index contributed by atoms with van der Waals surface area (Å²) < 4.78 is 7.59. The van der Waals surface area contributed by atoms with Crippen LogP contribution in [0.3, 0.4) is 0 Å². The van der Waals surface area contributed by atoms with E-state index in [-0.39, 0.29) is 0 Å². The molecule has 1 saturated heterocycles. The average molecular weight is 244 g/mol. The summed E-state index contributed by atoms with van der Waals surface area (Å²) in [5.41, 5.74) is 0. The van der Waals surface area contributed by atoms with Gasteiger partial charge in [-0.3, -0.25) is 0 Å². The maximum absolute atomic E-state index is 6.06. The van der Waals surface area contributed by atoms with Crippen LogP contribution in [-0.2, 0) is 17.7 Å². The summed E-state index contributed by atoms with van der Waals surface area (Å²) in [6, 6.07) is 0. The van der Waals surface area contributed by atoms with Crippen molar-refractivity contribution in [3.63, 3.8) is 0 Å². The Morgan fingerprint density at radius 2 is 2.31 bits per heavy atom. The summed E-state index contributed by atoms with van der Waals surface area (Å²) >= 11 is 6.06. The number of aromatic nitrogens is 3. The molecule has 4 nitrogen and oxygen atoms in total. The van der Waals surface area contributed by atoms with Crippen LogP contribution in [-0.4, -0.2) is 27.5 Å². The summed E-state index contributed by atoms with van der Waals surface area (Å²) in [5, 5.41) is 8.55. The highest BCUT2D eigenvalue weighted by atomic mass is 35.5. The number of aryl methyl sites for hydroxylation is 1. The Kier molecular flexibility index (Phi) is 3.82. The second kappa shape index (κ2) is 5.15. The van der Waals surface area contributed by atoms with E-state index in [1.54, 1.807) is 0 Å². The predicted molar refractivity (Wildman–Crippen MR) is 62.5 cm³/mol. The molecule has 0 aromatic carbocycles. The molecule has 1 fully saturated rings. The fraction of sp³-hybridized carbons (Fsp3) is 0.818. The van der Waals surface area contributed by atoms with Crippen molar-refractivity contribution in [2.45, 2.75) is 45.8 Å². The molecular weight excluding hydrogens is 226 g/mol. The molecule has 1 aliphatic heterocycles. The van der Waals surface area contributed by atoms with Gasteiger partial charge in [-0.05, 0) is 31.4 Å². The lowest BCUT2D eigenvalue weighted by atomic mass is 10.0. The van der Waals surface area contributed by atoms with E-state index >= 15 is 0 Å². The Hall–Kier alpha value is -0.610. The van der Waals surface area contributed by atoms with Crippen LogP contribution >= 0.6 is 11.6 Å². The zero-order valence-electron chi connectivity index (χ0n) is 9.82. The predicted octanol–water partition coefficient (Wildman–Crippen LogP) is 2.31. The summed E-state index contributed by atoms with van der Waals surface area (Å²) in [5.74, 6) is 1.52. The third-order valence-corrected chi connectivity index (χ3v) is 3.49. The maximum Gasteiger partial charge on any atom is 0.225 e. The molecule has 0 saturated carbocycles. The zero-order valence-corrected chi connectivity index (χ0v) is 10.6. The summed E-state index contributed by atoms with van der Waals surface area (Å²) in [6.45, 7) is 5.99. The fourth-order valence-corrected chi connectivity index (χ4v) is 2.36. The van der Waals surface area contributed by atoms with E-state index in [1.807, 2.05) is 4.57 Å². The molecule has 2 heterocycles. The van der Waals surface area contributed by atoms with Crippen LogP contribution in [0.25, 0.3) is 0 Å². The van der Waals surface area contributed by atoms with E-state index < -0.39 is 0 Å². The summed E-state index contributed by atoms with van der Waals surface area (Å²) in [4.78, 5) is 0. The number of halogens is 1. The van der Waals surface area contributed by atoms with Crippen LogP contribution in [0.4, 0.5) is 0 Å². The van der Waals surface area contributed by atoms with Gasteiger partial charge in [0.15, 0.2) is 0 Å². The van der Waals surface area contributed by atoms with E-state index in [0.717, 1.165) is 38.2 Å². The van der Waals surface area contributed by atoms with Crippen LogP contribution < -0.4 is 0 Å². The second-order valence-electron chi connectivity index (χ2n) is 4.37.